The fourth-order valence-corrected chi connectivity index (χ4v) is 8.01. The highest BCUT2D eigenvalue weighted by molar-refractivity contribution is 7.89. The van der Waals surface area contributed by atoms with Crippen molar-refractivity contribution >= 4 is 41.9 Å². The van der Waals surface area contributed by atoms with Gasteiger partial charge in [0.15, 0.2) is 19.7 Å². The van der Waals surface area contributed by atoms with Gasteiger partial charge in [-0.1, -0.05) is 39.0 Å². The maximum atomic E-state index is 13.7. The van der Waals surface area contributed by atoms with Gasteiger partial charge in [-0.05, 0) is 49.3 Å². The van der Waals surface area contributed by atoms with Crippen LogP contribution in [-0.4, -0.2) is 67.7 Å². The van der Waals surface area contributed by atoms with Crippen LogP contribution in [0.4, 0.5) is 10.5 Å². The molecule has 1 aliphatic heterocycles. The first-order chi connectivity index (χ1) is 18.9. The van der Waals surface area contributed by atoms with E-state index in [1.54, 1.807) is 18.2 Å². The molecule has 3 atom stereocenters. The molecule has 0 radical (unpaired) electrons. The van der Waals surface area contributed by atoms with E-state index in [2.05, 4.69) is 0 Å². The highest BCUT2D eigenvalue weighted by Crippen LogP contribution is 2.53. The molecule has 1 saturated heterocycles. The molecule has 2 aromatic rings. The Morgan fingerprint density at radius 2 is 1.71 bits per heavy atom. The number of esters is 1. The van der Waals surface area contributed by atoms with Gasteiger partial charge in [-0.15, -0.1) is 0 Å². The summed E-state index contributed by atoms with van der Waals surface area (Å²) in [6.07, 6.45) is -1.73. The number of fused-ring (bicyclic) bond motifs is 1. The predicted molar refractivity (Wildman–Crippen MR) is 148 cm³/mol. The van der Waals surface area contributed by atoms with Crippen molar-refractivity contribution in [1.29, 1.82) is 0 Å². The molecule has 12 nitrogen and oxygen atoms in total. The Labute approximate surface area is 238 Å². The summed E-state index contributed by atoms with van der Waals surface area (Å²) in [6, 6.07) is 10.6. The first-order valence-electron chi connectivity index (χ1n) is 12.8. The largest absolute Gasteiger partial charge is 0.458 e. The monoisotopic (exact) mass is 604 g/mol. The number of carbonyl (C=O) groups is 3. The van der Waals surface area contributed by atoms with Crippen molar-refractivity contribution in [2.75, 3.05) is 6.61 Å². The number of ether oxygens (including phenoxy) is 2. The number of non-ortho nitro benzene ring substituents is 1. The number of sulfonamides is 1. The van der Waals surface area contributed by atoms with E-state index < -0.39 is 76.3 Å². The van der Waals surface area contributed by atoms with Gasteiger partial charge < -0.3 is 13.9 Å². The highest BCUT2D eigenvalue weighted by Gasteiger charge is 2.76. The third-order valence-electron chi connectivity index (χ3n) is 8.29. The zero-order valence-electron chi connectivity index (χ0n) is 23.6. The Morgan fingerprint density at radius 1 is 1.12 bits per heavy atom. The molecule has 1 saturated carbocycles. The highest BCUT2D eigenvalue weighted by atomic mass is 32.2. The third-order valence-corrected chi connectivity index (χ3v) is 14.6. The van der Waals surface area contributed by atoms with Gasteiger partial charge in [0.05, 0.1) is 15.4 Å². The maximum Gasteiger partial charge on any atom is 0.425 e. The van der Waals surface area contributed by atoms with E-state index in [9.17, 15) is 32.9 Å². The predicted octanol–water partition coefficient (Wildman–Crippen LogP) is 4.45. The van der Waals surface area contributed by atoms with E-state index in [-0.39, 0.29) is 16.3 Å². The molecule has 14 heteroatoms. The zero-order chi connectivity index (χ0) is 30.6. The van der Waals surface area contributed by atoms with Gasteiger partial charge in [0.25, 0.3) is 15.7 Å². The second-order valence-corrected chi connectivity index (χ2v) is 18.3. The van der Waals surface area contributed by atoms with Crippen molar-refractivity contribution in [1.82, 2.24) is 4.31 Å². The van der Waals surface area contributed by atoms with Gasteiger partial charge in [-0.25, -0.2) is 18.0 Å². The van der Waals surface area contributed by atoms with E-state index in [0.717, 1.165) is 24.3 Å². The topological polar surface area (TPSA) is 159 Å². The van der Waals surface area contributed by atoms with Gasteiger partial charge >= 0.3 is 12.1 Å². The standard InChI is InChI=1S/C27H32N2O10SSi/c1-25(2,3)41(5,6)39-26(4)22(30)16-21-27(26,17-37-23(31)18-10-8-7-9-11-18)38-24(32)28(21)40(35,36)20-14-12-19(13-15-20)29(33)34/h7-15,21H,16-17H2,1-6H3/t21-,26-,27-/m1/s1. The van der Waals surface area contributed by atoms with Crippen LogP contribution in [0, 0.1) is 10.1 Å². The number of rotatable bonds is 8. The maximum absolute atomic E-state index is 13.7. The van der Waals surface area contributed by atoms with E-state index in [4.69, 9.17) is 13.9 Å². The van der Waals surface area contributed by atoms with Crippen LogP contribution in [0.15, 0.2) is 59.5 Å². The minimum absolute atomic E-state index is 0.205. The number of nitro groups is 1. The summed E-state index contributed by atoms with van der Waals surface area (Å²) in [5.74, 6) is -1.28. The van der Waals surface area contributed by atoms with Gasteiger partial charge in [0.1, 0.15) is 12.6 Å². The number of hydrogen-bond acceptors (Lipinski definition) is 10. The lowest BCUT2D eigenvalue weighted by Crippen LogP contribution is -2.65. The quantitative estimate of drug-likeness (QED) is 0.182. The Bertz CT molecular complexity index is 1500. The summed E-state index contributed by atoms with van der Waals surface area (Å²) >= 11 is 0. The van der Waals surface area contributed by atoms with Crippen molar-refractivity contribution in [2.24, 2.45) is 0 Å². The van der Waals surface area contributed by atoms with Crippen LogP contribution in [0.3, 0.4) is 0 Å². The van der Waals surface area contributed by atoms with Gasteiger partial charge in [-0.2, -0.15) is 4.31 Å². The normalized spacial score (nSPS) is 24.6. The first-order valence-corrected chi connectivity index (χ1v) is 17.2. The van der Waals surface area contributed by atoms with E-state index in [1.807, 2.05) is 33.9 Å². The number of ketones is 1. The number of Topliss-reactive ketones (excluding diaryl/α,β-unsaturated/α-hetero) is 1. The number of amides is 1. The molecule has 0 aromatic heterocycles. The van der Waals surface area contributed by atoms with E-state index >= 15 is 0 Å². The van der Waals surface area contributed by atoms with Crippen molar-refractivity contribution in [3.8, 4) is 0 Å². The Morgan fingerprint density at radius 3 is 2.24 bits per heavy atom. The number of nitro benzene ring substituents is 1. The van der Waals surface area contributed by atoms with Crippen molar-refractivity contribution in [3.05, 3.63) is 70.3 Å². The van der Waals surface area contributed by atoms with Crippen LogP contribution >= 0.6 is 0 Å². The molecule has 2 aromatic carbocycles. The van der Waals surface area contributed by atoms with Gasteiger partial charge in [0.2, 0.25) is 5.60 Å². The molecule has 1 aliphatic carbocycles. The average molecular weight is 605 g/mol. The molecule has 4 rings (SSSR count). The molecular formula is C27H32N2O10SSi. The molecule has 0 bridgehead atoms. The molecule has 2 aliphatic rings. The van der Waals surface area contributed by atoms with Gasteiger partial charge in [-0.3, -0.25) is 14.9 Å². The SMILES string of the molecule is CC(C)(C)[Si](C)(C)O[C@]1(C)C(=O)C[C@H]2N(S(=O)(=O)c3ccc([N+](=O)[O-])cc3)C(=O)O[C@]21COC(=O)c1ccccc1. The number of carbonyl (C=O) groups excluding carboxylic acids is 3. The Kier molecular flexibility index (Phi) is 7.42. The molecule has 41 heavy (non-hydrogen) atoms. The lowest BCUT2D eigenvalue weighted by molar-refractivity contribution is -0.384. The van der Waals surface area contributed by atoms with E-state index in [0.29, 0.717) is 4.31 Å². The molecule has 1 amide bonds. The third kappa shape index (κ3) is 4.93. The summed E-state index contributed by atoms with van der Waals surface area (Å²) in [7, 11) is -7.43. The smallest absolute Gasteiger partial charge is 0.425 e. The van der Waals surface area contributed by atoms with Gasteiger partial charge in [0, 0.05) is 18.6 Å². The molecule has 0 spiro atoms. The molecule has 0 unspecified atom stereocenters. The average Bonchev–Trinajstić information content (AvgIpc) is 3.28. The minimum Gasteiger partial charge on any atom is -0.458 e. The number of benzene rings is 2. The van der Waals surface area contributed by atoms with Crippen LogP contribution in [0.2, 0.25) is 18.1 Å². The first kappa shape index (κ1) is 30.3. The summed E-state index contributed by atoms with van der Waals surface area (Å²) < 4.78 is 45.9. The van der Waals surface area contributed by atoms with Crippen molar-refractivity contribution in [3.63, 3.8) is 0 Å². The van der Waals surface area contributed by atoms with E-state index in [1.165, 1.54) is 19.1 Å². The Balaban J connectivity index is 1.80. The second-order valence-electron chi connectivity index (χ2n) is 11.8. The summed E-state index contributed by atoms with van der Waals surface area (Å²) in [4.78, 5) is 50.0. The van der Waals surface area contributed by atoms with Crippen LogP contribution in [0.25, 0.3) is 0 Å². The molecule has 2 fully saturated rings. The van der Waals surface area contributed by atoms with Crippen LogP contribution < -0.4 is 0 Å². The fraction of sp³-hybridized carbons (Fsp3) is 0.444. The summed E-state index contributed by atoms with van der Waals surface area (Å²) in [6.45, 7) is 10.4. The fourth-order valence-electron chi connectivity index (χ4n) is 4.87. The van der Waals surface area contributed by atoms with Crippen LogP contribution in [0.1, 0.15) is 44.5 Å². The Hall–Kier alpha value is -3.62. The minimum atomic E-state index is -4.66. The van der Waals surface area contributed by atoms with Crippen LogP contribution in [0.5, 0.6) is 0 Å². The summed E-state index contributed by atoms with van der Waals surface area (Å²) in [5, 5.41) is 10.7. The molecule has 1 heterocycles. The van der Waals surface area contributed by atoms with Crippen LogP contribution in [-0.2, 0) is 28.7 Å². The summed E-state index contributed by atoms with van der Waals surface area (Å²) in [5.41, 5.74) is -4.00. The molecule has 220 valence electrons. The second kappa shape index (κ2) is 10.0. The zero-order valence-corrected chi connectivity index (χ0v) is 25.4. The molecule has 0 N–H and O–H groups in total. The molecular weight excluding hydrogens is 572 g/mol. The van der Waals surface area contributed by atoms with Crippen molar-refractivity contribution in [2.45, 2.75) is 74.4 Å². The number of nitrogens with zero attached hydrogens (tertiary/aromatic N) is 2. The lowest BCUT2D eigenvalue weighted by atomic mass is 9.86. The number of hydrogen-bond donors (Lipinski definition) is 0. The van der Waals surface area contributed by atoms with Crippen molar-refractivity contribution < 1.29 is 41.6 Å². The lowest BCUT2D eigenvalue weighted by Gasteiger charge is -2.47.